The minimum absolute atomic E-state index is 0.0615. The Balaban J connectivity index is 1.83. The first-order valence-corrected chi connectivity index (χ1v) is 10.9. The van der Waals surface area contributed by atoms with Crippen LogP contribution < -0.4 is 19.9 Å². The highest BCUT2D eigenvalue weighted by atomic mass is 32.1. The molecule has 0 amide bonds. The molecular formula is C21H32N3O3S+. The number of likely N-dealkylation sites (tertiary alicyclic amines) is 1. The second-order valence-electron chi connectivity index (χ2n) is 7.37. The molecule has 6 nitrogen and oxygen atoms in total. The van der Waals surface area contributed by atoms with E-state index >= 15 is 0 Å². The van der Waals surface area contributed by atoms with Crippen LogP contribution in [0.2, 0.25) is 0 Å². The molecular weight excluding hydrogens is 374 g/mol. The zero-order chi connectivity index (χ0) is 19.9. The average Bonchev–Trinajstić information content (AvgIpc) is 2.95. The summed E-state index contributed by atoms with van der Waals surface area (Å²) in [6, 6.07) is 3.58. The van der Waals surface area contributed by atoms with Gasteiger partial charge in [0.15, 0.2) is 16.3 Å². The number of hydrogen-bond acceptors (Lipinski definition) is 4. The molecule has 1 aromatic carbocycles. The van der Waals surface area contributed by atoms with E-state index in [1.54, 1.807) is 15.5 Å². The Morgan fingerprint density at radius 3 is 2.36 bits per heavy atom. The molecule has 0 atom stereocenters. The van der Waals surface area contributed by atoms with Crippen LogP contribution in [0.3, 0.4) is 0 Å². The van der Waals surface area contributed by atoms with Gasteiger partial charge in [0, 0.05) is 19.0 Å². The lowest BCUT2D eigenvalue weighted by molar-refractivity contribution is -0.899. The van der Waals surface area contributed by atoms with E-state index in [9.17, 15) is 4.79 Å². The molecule has 7 heteroatoms. The number of rotatable bonds is 8. The molecule has 1 aromatic heterocycles. The van der Waals surface area contributed by atoms with Crippen molar-refractivity contribution in [2.75, 3.05) is 32.8 Å². The summed E-state index contributed by atoms with van der Waals surface area (Å²) in [5.41, 5.74) is 0.630. The number of nitrogens with one attached hydrogen (secondary N) is 2. The first-order chi connectivity index (χ1) is 13.6. The molecule has 154 valence electrons. The summed E-state index contributed by atoms with van der Waals surface area (Å²) in [5, 5.41) is 0.586. The summed E-state index contributed by atoms with van der Waals surface area (Å²) >= 11 is 5.48. The van der Waals surface area contributed by atoms with Gasteiger partial charge in [-0.2, -0.15) is 0 Å². The zero-order valence-corrected chi connectivity index (χ0v) is 17.8. The molecule has 0 spiro atoms. The molecule has 0 radical (unpaired) electrons. The van der Waals surface area contributed by atoms with Gasteiger partial charge in [-0.15, -0.1) is 0 Å². The Bertz CT molecular complexity index is 898. The maximum absolute atomic E-state index is 13.1. The van der Waals surface area contributed by atoms with Gasteiger partial charge in [-0.1, -0.05) is 0 Å². The standard InChI is InChI=1S/C21H31N3O3S/c1-3-26-18-14-16-17(15-19(18)27-4-2)22-21(28)24(20(16)25)13-9-12-23-10-7-5-6-8-11-23/h14-15H,3-13H2,1-2H3,(H,22,28)/p+1. The van der Waals surface area contributed by atoms with Crippen molar-refractivity contribution in [3.63, 3.8) is 0 Å². The highest BCUT2D eigenvalue weighted by molar-refractivity contribution is 7.71. The van der Waals surface area contributed by atoms with Gasteiger partial charge >= 0.3 is 0 Å². The average molecular weight is 407 g/mol. The van der Waals surface area contributed by atoms with Crippen molar-refractivity contribution in [2.45, 2.75) is 52.5 Å². The van der Waals surface area contributed by atoms with Crippen molar-refractivity contribution in [2.24, 2.45) is 0 Å². The summed E-state index contributed by atoms with van der Waals surface area (Å²) in [6.45, 7) is 9.12. The smallest absolute Gasteiger partial charge is 0.262 e. The molecule has 0 bridgehead atoms. The summed E-state index contributed by atoms with van der Waals surface area (Å²) < 4.78 is 13.5. The SMILES string of the molecule is CCOc1cc2[nH]c(=S)n(CCC[NH+]3CCCCCC3)c(=O)c2cc1OCC. The fraction of sp³-hybridized carbons (Fsp3) is 0.619. The molecule has 28 heavy (non-hydrogen) atoms. The van der Waals surface area contributed by atoms with Crippen LogP contribution in [0.5, 0.6) is 11.5 Å². The predicted octanol–water partition coefficient (Wildman–Crippen LogP) is 2.71. The Kier molecular flexibility index (Phi) is 7.50. The first kappa shape index (κ1) is 20.9. The number of quaternary nitrogens is 1. The summed E-state index contributed by atoms with van der Waals surface area (Å²) in [6.07, 6.45) is 6.28. The van der Waals surface area contributed by atoms with Crippen LogP contribution in [-0.4, -0.2) is 42.4 Å². The maximum atomic E-state index is 13.1. The molecule has 0 unspecified atom stereocenters. The Labute approximate surface area is 171 Å². The number of aromatic amines is 1. The number of hydrogen-bond donors (Lipinski definition) is 2. The third-order valence-corrected chi connectivity index (χ3v) is 5.69. The van der Waals surface area contributed by atoms with Crippen LogP contribution in [-0.2, 0) is 6.54 Å². The number of H-pyrrole nitrogens is 1. The van der Waals surface area contributed by atoms with E-state index in [1.807, 2.05) is 19.9 Å². The maximum Gasteiger partial charge on any atom is 0.262 e. The highest BCUT2D eigenvalue weighted by Gasteiger charge is 2.14. The molecule has 3 rings (SSSR count). The van der Waals surface area contributed by atoms with Crippen LogP contribution in [0.1, 0.15) is 46.0 Å². The summed E-state index contributed by atoms with van der Waals surface area (Å²) in [5.74, 6) is 1.23. The summed E-state index contributed by atoms with van der Waals surface area (Å²) in [7, 11) is 0. The van der Waals surface area contributed by atoms with Gasteiger partial charge in [0.25, 0.3) is 5.56 Å². The number of fused-ring (bicyclic) bond motifs is 1. The molecule has 1 aliphatic heterocycles. The normalized spacial score (nSPS) is 15.5. The Morgan fingerprint density at radius 2 is 1.71 bits per heavy atom. The van der Waals surface area contributed by atoms with Crippen LogP contribution in [0.4, 0.5) is 0 Å². The topological polar surface area (TPSA) is 60.7 Å². The van der Waals surface area contributed by atoms with Gasteiger partial charge in [-0.25, -0.2) is 0 Å². The third kappa shape index (κ3) is 4.94. The number of nitrogens with zero attached hydrogens (tertiary/aromatic N) is 1. The van der Waals surface area contributed by atoms with E-state index in [4.69, 9.17) is 21.7 Å². The number of aromatic nitrogens is 2. The molecule has 2 aromatic rings. The van der Waals surface area contributed by atoms with E-state index < -0.39 is 0 Å². The quantitative estimate of drug-likeness (QED) is 0.662. The predicted molar refractivity (Wildman–Crippen MR) is 114 cm³/mol. The van der Waals surface area contributed by atoms with Crippen LogP contribution in [0.25, 0.3) is 10.9 Å². The van der Waals surface area contributed by atoms with Crippen molar-refractivity contribution in [1.29, 1.82) is 0 Å². The first-order valence-electron chi connectivity index (χ1n) is 10.5. The minimum atomic E-state index is -0.0615. The second-order valence-corrected chi connectivity index (χ2v) is 7.75. The highest BCUT2D eigenvalue weighted by Crippen LogP contribution is 2.30. The number of ether oxygens (including phenoxy) is 2. The molecule has 2 N–H and O–H groups in total. The lowest BCUT2D eigenvalue weighted by Crippen LogP contribution is -3.11. The van der Waals surface area contributed by atoms with Crippen molar-refractivity contribution in [3.8, 4) is 11.5 Å². The molecule has 1 saturated heterocycles. The molecule has 0 aliphatic carbocycles. The van der Waals surface area contributed by atoms with E-state index in [1.165, 1.54) is 38.8 Å². The Morgan fingerprint density at radius 1 is 1.07 bits per heavy atom. The van der Waals surface area contributed by atoms with Crippen molar-refractivity contribution >= 4 is 23.1 Å². The second kappa shape index (κ2) is 10.1. The molecule has 0 saturated carbocycles. The zero-order valence-electron chi connectivity index (χ0n) is 17.0. The Hall–Kier alpha value is -1.86. The van der Waals surface area contributed by atoms with Crippen LogP contribution in [0, 0.1) is 4.77 Å². The molecule has 2 heterocycles. The monoisotopic (exact) mass is 406 g/mol. The molecule has 1 aliphatic rings. The van der Waals surface area contributed by atoms with Crippen LogP contribution in [0.15, 0.2) is 16.9 Å². The lowest BCUT2D eigenvalue weighted by atomic mass is 10.2. The number of benzene rings is 1. The van der Waals surface area contributed by atoms with Crippen molar-refractivity contribution in [3.05, 3.63) is 27.3 Å². The van der Waals surface area contributed by atoms with Gasteiger partial charge in [0.1, 0.15) is 0 Å². The third-order valence-electron chi connectivity index (χ3n) is 5.37. The fourth-order valence-electron chi connectivity index (χ4n) is 3.97. The van der Waals surface area contributed by atoms with Gasteiger partial charge < -0.3 is 19.4 Å². The largest absolute Gasteiger partial charge is 0.490 e. The van der Waals surface area contributed by atoms with Gasteiger partial charge in [0.05, 0.1) is 43.8 Å². The van der Waals surface area contributed by atoms with Crippen molar-refractivity contribution in [1.82, 2.24) is 9.55 Å². The van der Waals surface area contributed by atoms with Crippen LogP contribution >= 0.6 is 12.2 Å². The van der Waals surface area contributed by atoms with Gasteiger partial charge in [-0.05, 0) is 57.8 Å². The van der Waals surface area contributed by atoms with Crippen molar-refractivity contribution < 1.29 is 14.4 Å². The lowest BCUT2D eigenvalue weighted by Gasteiger charge is -2.17. The van der Waals surface area contributed by atoms with E-state index in [0.717, 1.165) is 13.0 Å². The summed E-state index contributed by atoms with van der Waals surface area (Å²) in [4.78, 5) is 17.9. The van der Waals surface area contributed by atoms with Gasteiger partial charge in [0.2, 0.25) is 0 Å². The van der Waals surface area contributed by atoms with E-state index in [-0.39, 0.29) is 5.56 Å². The molecule has 1 fully saturated rings. The van der Waals surface area contributed by atoms with Gasteiger partial charge in [-0.3, -0.25) is 9.36 Å². The van der Waals surface area contributed by atoms with E-state index in [2.05, 4.69) is 4.98 Å². The van der Waals surface area contributed by atoms with E-state index in [0.29, 0.717) is 46.9 Å². The fourth-order valence-corrected chi connectivity index (χ4v) is 4.25. The minimum Gasteiger partial charge on any atom is -0.490 e.